The molecule has 0 aliphatic carbocycles. The molecule has 0 saturated heterocycles. The summed E-state index contributed by atoms with van der Waals surface area (Å²) in [6, 6.07) is 7.99. The molecule has 1 aromatic carbocycles. The fourth-order valence-corrected chi connectivity index (χ4v) is 2.06. The average Bonchev–Trinajstić information content (AvgIpc) is 2.68. The van der Waals surface area contributed by atoms with E-state index >= 15 is 0 Å². The van der Waals surface area contributed by atoms with Gasteiger partial charge in [0, 0.05) is 12.7 Å². The largest absolute Gasteiger partial charge is 0.383 e. The van der Waals surface area contributed by atoms with Gasteiger partial charge >= 0.3 is 0 Å². The zero-order valence-corrected chi connectivity index (χ0v) is 11.2. The number of nitrogen functional groups attached to an aromatic ring is 1. The van der Waals surface area contributed by atoms with Gasteiger partial charge in [-0.2, -0.15) is 0 Å². The summed E-state index contributed by atoms with van der Waals surface area (Å²) in [5.41, 5.74) is 8.95. The molecule has 4 nitrogen and oxygen atoms in total. The molecule has 0 aliphatic heterocycles. The van der Waals surface area contributed by atoms with E-state index < -0.39 is 0 Å². The van der Waals surface area contributed by atoms with E-state index in [2.05, 4.69) is 10.9 Å². The number of hydrogen-bond acceptors (Lipinski definition) is 3. The predicted octanol–water partition coefficient (Wildman–Crippen LogP) is 2.22. The molecule has 2 N–H and O–H groups in total. The molecule has 1 heterocycles. The Morgan fingerprint density at radius 2 is 2.26 bits per heavy atom. The third-order valence-electron chi connectivity index (χ3n) is 2.96. The van der Waals surface area contributed by atoms with Crippen molar-refractivity contribution in [2.24, 2.45) is 0 Å². The van der Waals surface area contributed by atoms with Gasteiger partial charge in [0.1, 0.15) is 17.3 Å². The molecule has 0 aliphatic rings. The van der Waals surface area contributed by atoms with Crippen LogP contribution in [-0.2, 0) is 17.9 Å². The first-order chi connectivity index (χ1) is 9.17. The lowest BCUT2D eigenvalue weighted by Gasteiger charge is -2.05. The topological polar surface area (TPSA) is 53.1 Å². The summed E-state index contributed by atoms with van der Waals surface area (Å²) >= 11 is 0. The first-order valence-corrected chi connectivity index (χ1v) is 6.01. The summed E-state index contributed by atoms with van der Waals surface area (Å²) in [4.78, 5) is 4.50. The lowest BCUT2D eigenvalue weighted by Crippen LogP contribution is -2.03. The van der Waals surface area contributed by atoms with Crippen LogP contribution >= 0.6 is 0 Å². The third-order valence-corrected chi connectivity index (χ3v) is 2.96. The van der Waals surface area contributed by atoms with Crippen molar-refractivity contribution in [1.29, 1.82) is 0 Å². The summed E-state index contributed by atoms with van der Waals surface area (Å²) in [6.07, 6.45) is 5.34. The van der Waals surface area contributed by atoms with E-state index in [4.69, 9.17) is 16.9 Å². The monoisotopic (exact) mass is 255 g/mol. The van der Waals surface area contributed by atoms with Gasteiger partial charge in [0.25, 0.3) is 0 Å². The van der Waals surface area contributed by atoms with Crippen molar-refractivity contribution in [3.05, 3.63) is 35.7 Å². The van der Waals surface area contributed by atoms with Crippen LogP contribution in [0, 0.1) is 19.3 Å². The number of methoxy groups -OCH3 is 1. The molecule has 0 spiro atoms. The molecule has 0 radical (unpaired) electrons. The maximum atomic E-state index is 6.12. The molecule has 0 fully saturated rings. The first kappa shape index (κ1) is 13.2. The van der Waals surface area contributed by atoms with E-state index in [9.17, 15) is 0 Å². The Morgan fingerprint density at radius 1 is 1.47 bits per heavy atom. The normalized spacial score (nSPS) is 10.4. The minimum absolute atomic E-state index is 0.433. The van der Waals surface area contributed by atoms with Crippen LogP contribution < -0.4 is 5.73 Å². The standard InChI is InChI=1S/C15H17N3O/c1-4-8-18-11(2)17-14(15(18)16)13-7-5-6-12(9-13)10-19-3/h1,5-7,9H,8,10,16H2,2-3H3. The van der Waals surface area contributed by atoms with Crippen LogP contribution in [0.15, 0.2) is 24.3 Å². The van der Waals surface area contributed by atoms with Crippen LogP contribution in [0.25, 0.3) is 11.3 Å². The van der Waals surface area contributed by atoms with Crippen LogP contribution in [-0.4, -0.2) is 16.7 Å². The van der Waals surface area contributed by atoms with Gasteiger partial charge in [-0.1, -0.05) is 24.1 Å². The smallest absolute Gasteiger partial charge is 0.132 e. The molecule has 0 bridgehead atoms. The number of anilines is 1. The second-order valence-corrected chi connectivity index (χ2v) is 4.32. The van der Waals surface area contributed by atoms with Crippen LogP contribution in [0.5, 0.6) is 0 Å². The molecule has 2 rings (SSSR count). The minimum atomic E-state index is 0.433. The number of nitrogens with zero attached hydrogens (tertiary/aromatic N) is 2. The van der Waals surface area contributed by atoms with Gasteiger partial charge in [0.05, 0.1) is 13.2 Å². The summed E-state index contributed by atoms with van der Waals surface area (Å²) in [5, 5.41) is 0. The Kier molecular flexibility index (Phi) is 3.88. The summed E-state index contributed by atoms with van der Waals surface area (Å²) < 4.78 is 6.96. The molecule has 0 atom stereocenters. The molecule has 0 amide bonds. The summed E-state index contributed by atoms with van der Waals surface area (Å²) in [6.45, 7) is 2.90. The number of benzene rings is 1. The van der Waals surface area contributed by atoms with E-state index in [1.54, 1.807) is 7.11 Å². The number of ether oxygens (including phenoxy) is 1. The number of nitrogens with two attached hydrogens (primary N) is 1. The van der Waals surface area contributed by atoms with Gasteiger partial charge in [-0.3, -0.25) is 0 Å². The lowest BCUT2D eigenvalue weighted by molar-refractivity contribution is 0.185. The first-order valence-electron chi connectivity index (χ1n) is 6.01. The predicted molar refractivity (Wildman–Crippen MR) is 76.4 cm³/mol. The third kappa shape index (κ3) is 2.61. The molecule has 0 unspecified atom stereocenters. The molecule has 98 valence electrons. The number of hydrogen-bond donors (Lipinski definition) is 1. The van der Waals surface area contributed by atoms with Crippen LogP contribution in [0.1, 0.15) is 11.4 Å². The Bertz CT molecular complexity index is 623. The number of rotatable bonds is 4. The van der Waals surface area contributed by atoms with Gasteiger partial charge in [0.2, 0.25) is 0 Å². The van der Waals surface area contributed by atoms with Gasteiger partial charge < -0.3 is 15.0 Å². The van der Waals surface area contributed by atoms with Gasteiger partial charge in [-0.15, -0.1) is 6.42 Å². The second-order valence-electron chi connectivity index (χ2n) is 4.32. The number of aromatic nitrogens is 2. The highest BCUT2D eigenvalue weighted by molar-refractivity contribution is 5.71. The second kappa shape index (κ2) is 5.59. The summed E-state index contributed by atoms with van der Waals surface area (Å²) in [7, 11) is 1.67. The van der Waals surface area contributed by atoms with Crippen molar-refractivity contribution >= 4 is 5.82 Å². The molecule has 4 heteroatoms. The molecular weight excluding hydrogens is 238 g/mol. The van der Waals surface area contributed by atoms with Crippen molar-refractivity contribution in [3.8, 4) is 23.6 Å². The fourth-order valence-electron chi connectivity index (χ4n) is 2.06. The van der Waals surface area contributed by atoms with Crippen molar-refractivity contribution < 1.29 is 4.74 Å². The quantitative estimate of drug-likeness (QED) is 0.852. The Morgan fingerprint density at radius 3 is 2.95 bits per heavy atom. The Balaban J connectivity index is 2.45. The van der Waals surface area contributed by atoms with Crippen LogP contribution in [0.2, 0.25) is 0 Å². The van der Waals surface area contributed by atoms with Gasteiger partial charge in [-0.05, 0) is 18.6 Å². The highest BCUT2D eigenvalue weighted by Crippen LogP contribution is 2.26. The highest BCUT2D eigenvalue weighted by Gasteiger charge is 2.13. The van der Waals surface area contributed by atoms with E-state index in [0.717, 1.165) is 22.6 Å². The SMILES string of the molecule is C#CCn1c(C)nc(-c2cccc(COC)c2)c1N. The average molecular weight is 255 g/mol. The van der Waals surface area contributed by atoms with E-state index in [1.165, 1.54) is 0 Å². The van der Waals surface area contributed by atoms with Crippen molar-refractivity contribution in [2.45, 2.75) is 20.1 Å². The maximum absolute atomic E-state index is 6.12. The Labute approximate surface area is 113 Å². The zero-order valence-electron chi connectivity index (χ0n) is 11.2. The van der Waals surface area contributed by atoms with E-state index in [-0.39, 0.29) is 0 Å². The van der Waals surface area contributed by atoms with Gasteiger partial charge in [-0.25, -0.2) is 4.98 Å². The molecule has 19 heavy (non-hydrogen) atoms. The molecule has 0 saturated carbocycles. The minimum Gasteiger partial charge on any atom is -0.383 e. The highest BCUT2D eigenvalue weighted by atomic mass is 16.5. The Hall–Kier alpha value is -2.25. The number of aryl methyl sites for hydroxylation is 1. The van der Waals surface area contributed by atoms with E-state index in [1.807, 2.05) is 35.8 Å². The zero-order chi connectivity index (χ0) is 13.8. The van der Waals surface area contributed by atoms with Gasteiger partial charge in [0.15, 0.2) is 0 Å². The van der Waals surface area contributed by atoms with E-state index in [0.29, 0.717) is 19.0 Å². The van der Waals surface area contributed by atoms with Crippen molar-refractivity contribution in [2.75, 3.05) is 12.8 Å². The molecule has 1 aromatic heterocycles. The maximum Gasteiger partial charge on any atom is 0.132 e. The van der Waals surface area contributed by atoms with Crippen LogP contribution in [0.4, 0.5) is 5.82 Å². The fraction of sp³-hybridized carbons (Fsp3) is 0.267. The van der Waals surface area contributed by atoms with Crippen LogP contribution in [0.3, 0.4) is 0 Å². The van der Waals surface area contributed by atoms with Crippen molar-refractivity contribution in [3.63, 3.8) is 0 Å². The summed E-state index contributed by atoms with van der Waals surface area (Å²) in [5.74, 6) is 4.01. The number of terminal acetylenes is 1. The molecule has 2 aromatic rings. The number of imidazole rings is 1. The lowest BCUT2D eigenvalue weighted by atomic mass is 10.1. The molecular formula is C15H17N3O. The van der Waals surface area contributed by atoms with Crippen molar-refractivity contribution in [1.82, 2.24) is 9.55 Å².